The highest BCUT2D eigenvalue weighted by molar-refractivity contribution is 5.21. The van der Waals surface area contributed by atoms with Crippen LogP contribution in [0.5, 0.6) is 0 Å². The zero-order valence-corrected chi connectivity index (χ0v) is 7.20. The summed E-state index contributed by atoms with van der Waals surface area (Å²) < 4.78 is 9.77. The molecule has 0 aromatic heterocycles. The first-order valence-corrected chi connectivity index (χ1v) is 3.64. The lowest BCUT2D eigenvalue weighted by molar-refractivity contribution is 0.0932. The number of benzene rings is 1. The van der Waals surface area contributed by atoms with Crippen LogP contribution in [0.15, 0.2) is 36.3 Å². The lowest BCUT2D eigenvalue weighted by Crippen LogP contribution is -1.90. The average Bonchev–Trinajstić information content (AvgIpc) is 2.16. The van der Waals surface area contributed by atoms with Gasteiger partial charge >= 0.3 is 0 Å². The molecule has 0 unspecified atom stereocenters. The van der Waals surface area contributed by atoms with Gasteiger partial charge in [0, 0.05) is 0 Å². The van der Waals surface area contributed by atoms with Gasteiger partial charge < -0.3 is 9.47 Å². The SMILES string of the molecule is COC(=[C]c1ccccc1)OC. The number of rotatable bonds is 3. The van der Waals surface area contributed by atoms with E-state index >= 15 is 0 Å². The Hall–Kier alpha value is -1.44. The summed E-state index contributed by atoms with van der Waals surface area (Å²) in [5, 5.41) is 0. The summed E-state index contributed by atoms with van der Waals surface area (Å²) in [7, 11) is 3.10. The van der Waals surface area contributed by atoms with Crippen molar-refractivity contribution in [2.45, 2.75) is 0 Å². The van der Waals surface area contributed by atoms with E-state index in [9.17, 15) is 0 Å². The first kappa shape index (κ1) is 8.65. The van der Waals surface area contributed by atoms with Gasteiger partial charge in [-0.1, -0.05) is 30.3 Å². The maximum atomic E-state index is 4.89. The van der Waals surface area contributed by atoms with Crippen molar-refractivity contribution >= 4 is 0 Å². The molecule has 1 aromatic rings. The Morgan fingerprint density at radius 1 is 1.08 bits per heavy atom. The minimum atomic E-state index is 0.390. The molecule has 0 heterocycles. The highest BCUT2D eigenvalue weighted by atomic mass is 16.7. The van der Waals surface area contributed by atoms with Crippen LogP contribution in [0.3, 0.4) is 0 Å². The predicted molar refractivity (Wildman–Crippen MR) is 46.3 cm³/mol. The number of ether oxygens (including phenoxy) is 2. The van der Waals surface area contributed by atoms with Gasteiger partial charge in [0.05, 0.1) is 20.3 Å². The van der Waals surface area contributed by atoms with E-state index in [0.29, 0.717) is 5.95 Å². The van der Waals surface area contributed by atoms with Gasteiger partial charge in [-0.05, 0) is 5.56 Å². The Morgan fingerprint density at radius 2 is 1.67 bits per heavy atom. The van der Waals surface area contributed by atoms with E-state index in [4.69, 9.17) is 9.47 Å². The van der Waals surface area contributed by atoms with Crippen molar-refractivity contribution in [2.24, 2.45) is 0 Å². The van der Waals surface area contributed by atoms with E-state index in [2.05, 4.69) is 6.08 Å². The maximum absolute atomic E-state index is 4.89. The van der Waals surface area contributed by atoms with Crippen molar-refractivity contribution in [1.82, 2.24) is 0 Å². The predicted octanol–water partition coefficient (Wildman–Crippen LogP) is 1.97. The van der Waals surface area contributed by atoms with Gasteiger partial charge in [-0.3, -0.25) is 0 Å². The number of hydrogen-bond acceptors (Lipinski definition) is 2. The second-order valence-corrected chi connectivity index (χ2v) is 2.19. The van der Waals surface area contributed by atoms with E-state index in [-0.39, 0.29) is 0 Å². The first-order chi connectivity index (χ1) is 5.86. The van der Waals surface area contributed by atoms with Crippen LogP contribution in [0.2, 0.25) is 0 Å². The van der Waals surface area contributed by atoms with Crippen LogP contribution in [-0.4, -0.2) is 14.2 Å². The van der Waals surface area contributed by atoms with E-state index in [1.165, 1.54) is 0 Å². The monoisotopic (exact) mass is 163 g/mol. The molecule has 0 bridgehead atoms. The van der Waals surface area contributed by atoms with Crippen LogP contribution in [0.25, 0.3) is 0 Å². The molecule has 1 rings (SSSR count). The summed E-state index contributed by atoms with van der Waals surface area (Å²) in [4.78, 5) is 0. The fourth-order valence-electron chi connectivity index (χ4n) is 0.825. The van der Waals surface area contributed by atoms with E-state index in [0.717, 1.165) is 5.56 Å². The normalized spacial score (nSPS) is 8.83. The third-order valence-corrected chi connectivity index (χ3v) is 1.39. The van der Waals surface area contributed by atoms with Crippen LogP contribution < -0.4 is 0 Å². The second kappa shape index (κ2) is 4.44. The fraction of sp³-hybridized carbons (Fsp3) is 0.200. The van der Waals surface area contributed by atoms with Gasteiger partial charge in [0.25, 0.3) is 5.95 Å². The van der Waals surface area contributed by atoms with Gasteiger partial charge in [-0.25, -0.2) is 0 Å². The Labute approximate surface area is 72.4 Å². The number of hydrogen-bond donors (Lipinski definition) is 0. The van der Waals surface area contributed by atoms with Crippen molar-refractivity contribution in [3.8, 4) is 0 Å². The molecule has 2 heteroatoms. The van der Waals surface area contributed by atoms with Gasteiger partial charge in [-0.15, -0.1) is 0 Å². The molecule has 0 aliphatic heterocycles. The third kappa shape index (κ3) is 2.31. The van der Waals surface area contributed by atoms with Crippen LogP contribution in [0.4, 0.5) is 0 Å². The van der Waals surface area contributed by atoms with Gasteiger partial charge in [0.2, 0.25) is 0 Å². The lowest BCUT2D eigenvalue weighted by atomic mass is 10.2. The summed E-state index contributed by atoms with van der Waals surface area (Å²) in [6.07, 6.45) is 2.95. The third-order valence-electron chi connectivity index (χ3n) is 1.39. The van der Waals surface area contributed by atoms with Crippen LogP contribution in [0.1, 0.15) is 5.56 Å². The van der Waals surface area contributed by atoms with Crippen LogP contribution in [0, 0.1) is 6.08 Å². The van der Waals surface area contributed by atoms with Crippen LogP contribution >= 0.6 is 0 Å². The van der Waals surface area contributed by atoms with Crippen LogP contribution in [-0.2, 0) is 9.47 Å². The molecule has 0 amide bonds. The quantitative estimate of drug-likeness (QED) is 0.634. The minimum absolute atomic E-state index is 0.390. The molecule has 1 aromatic carbocycles. The molecule has 1 radical (unpaired) electrons. The zero-order chi connectivity index (χ0) is 8.81. The lowest BCUT2D eigenvalue weighted by Gasteiger charge is -2.01. The summed E-state index contributed by atoms with van der Waals surface area (Å²) in [5.41, 5.74) is 0.941. The maximum Gasteiger partial charge on any atom is 0.287 e. The molecule has 0 fully saturated rings. The topological polar surface area (TPSA) is 18.5 Å². The summed E-state index contributed by atoms with van der Waals surface area (Å²) in [6.45, 7) is 0. The first-order valence-electron chi connectivity index (χ1n) is 3.64. The Bertz CT molecular complexity index is 246. The highest BCUT2D eigenvalue weighted by Gasteiger charge is 1.94. The largest absolute Gasteiger partial charge is 0.468 e. The zero-order valence-electron chi connectivity index (χ0n) is 7.20. The molecule has 0 aliphatic rings. The molecule has 0 saturated heterocycles. The van der Waals surface area contributed by atoms with Crippen molar-refractivity contribution < 1.29 is 9.47 Å². The Morgan fingerprint density at radius 3 is 2.17 bits per heavy atom. The summed E-state index contributed by atoms with van der Waals surface area (Å²) >= 11 is 0. The van der Waals surface area contributed by atoms with E-state index in [1.807, 2.05) is 30.3 Å². The molecule has 2 nitrogen and oxygen atoms in total. The smallest absolute Gasteiger partial charge is 0.287 e. The van der Waals surface area contributed by atoms with E-state index in [1.54, 1.807) is 14.2 Å². The summed E-state index contributed by atoms with van der Waals surface area (Å²) in [5.74, 6) is 0.390. The minimum Gasteiger partial charge on any atom is -0.468 e. The molecule has 12 heavy (non-hydrogen) atoms. The molecule has 0 atom stereocenters. The van der Waals surface area contributed by atoms with Gasteiger partial charge in [0.1, 0.15) is 0 Å². The standard InChI is InChI=1S/C10H11O2/c1-11-10(12-2)8-9-6-4-3-5-7-9/h3-7H,1-2H3. The molecule has 63 valence electrons. The fourth-order valence-corrected chi connectivity index (χ4v) is 0.825. The molecule has 0 saturated carbocycles. The van der Waals surface area contributed by atoms with Gasteiger partial charge in [0.15, 0.2) is 0 Å². The average molecular weight is 163 g/mol. The Balaban J connectivity index is 2.79. The van der Waals surface area contributed by atoms with Gasteiger partial charge in [-0.2, -0.15) is 0 Å². The molecule has 0 spiro atoms. The van der Waals surface area contributed by atoms with Crippen molar-refractivity contribution in [3.63, 3.8) is 0 Å². The van der Waals surface area contributed by atoms with Crippen molar-refractivity contribution in [3.05, 3.63) is 47.9 Å². The molecule has 0 aliphatic carbocycles. The van der Waals surface area contributed by atoms with E-state index < -0.39 is 0 Å². The molecule has 0 N–H and O–H groups in total. The van der Waals surface area contributed by atoms with Crippen molar-refractivity contribution in [2.75, 3.05) is 14.2 Å². The second-order valence-electron chi connectivity index (χ2n) is 2.19. The van der Waals surface area contributed by atoms with Crippen molar-refractivity contribution in [1.29, 1.82) is 0 Å². The number of methoxy groups -OCH3 is 2. The molecular formula is C10H11O2. The Kier molecular flexibility index (Phi) is 3.20. The summed E-state index contributed by atoms with van der Waals surface area (Å²) in [6, 6.07) is 9.68. The molecular weight excluding hydrogens is 152 g/mol. The highest BCUT2D eigenvalue weighted by Crippen LogP contribution is 2.03.